The number of anilines is 2. The Bertz CT molecular complexity index is 458. The third kappa shape index (κ3) is 4.08. The van der Waals surface area contributed by atoms with Crippen LogP contribution in [0, 0.1) is 0 Å². The normalized spacial score (nSPS) is 14.2. The van der Waals surface area contributed by atoms with Gasteiger partial charge in [-0.15, -0.1) is 0 Å². The monoisotopic (exact) mass is 263 g/mol. The Kier molecular flexibility index (Phi) is 4.19. The van der Waals surface area contributed by atoms with Gasteiger partial charge in [0.1, 0.15) is 17.5 Å². The maximum Gasteiger partial charge on any atom is 0.239 e. The van der Waals surface area contributed by atoms with Crippen molar-refractivity contribution in [3.05, 3.63) is 11.9 Å². The van der Waals surface area contributed by atoms with Gasteiger partial charge in [-0.1, -0.05) is 6.92 Å². The average Bonchev–Trinajstić information content (AvgIpc) is 3.12. The first-order chi connectivity index (χ1) is 9.08. The van der Waals surface area contributed by atoms with Crippen LogP contribution in [-0.2, 0) is 11.2 Å². The fourth-order valence-corrected chi connectivity index (χ4v) is 1.83. The van der Waals surface area contributed by atoms with Gasteiger partial charge in [-0.05, 0) is 19.3 Å². The molecule has 2 rings (SSSR count). The maximum absolute atomic E-state index is 11.7. The summed E-state index contributed by atoms with van der Waals surface area (Å²) in [5.41, 5.74) is 5.77. The molecule has 0 spiro atoms. The second-order valence-corrected chi connectivity index (χ2v) is 5.02. The molecule has 0 aliphatic heterocycles. The third-order valence-corrected chi connectivity index (χ3v) is 2.97. The fraction of sp³-hybridized carbons (Fsp3) is 0.615. The van der Waals surface area contributed by atoms with E-state index in [1.807, 2.05) is 7.05 Å². The summed E-state index contributed by atoms with van der Waals surface area (Å²) in [6, 6.07) is 2.08. The number of hydrogen-bond donors (Lipinski definition) is 2. The van der Waals surface area contributed by atoms with Crippen LogP contribution < -0.4 is 16.0 Å². The number of nitrogen functional groups attached to an aromatic ring is 1. The van der Waals surface area contributed by atoms with Gasteiger partial charge in [0.05, 0.1) is 6.54 Å². The predicted octanol–water partition coefficient (Wildman–Crippen LogP) is 0.726. The quantitative estimate of drug-likeness (QED) is 0.790. The molecule has 6 nitrogen and oxygen atoms in total. The van der Waals surface area contributed by atoms with Crippen LogP contribution in [0.15, 0.2) is 6.07 Å². The van der Waals surface area contributed by atoms with Crippen molar-refractivity contribution in [2.75, 3.05) is 24.2 Å². The van der Waals surface area contributed by atoms with Crippen molar-refractivity contribution in [1.29, 1.82) is 0 Å². The molecule has 0 aromatic carbocycles. The van der Waals surface area contributed by atoms with Crippen LogP contribution in [0.4, 0.5) is 11.6 Å². The first-order valence-corrected chi connectivity index (χ1v) is 6.72. The molecule has 1 saturated carbocycles. The number of carbonyl (C=O) groups is 1. The van der Waals surface area contributed by atoms with Gasteiger partial charge in [0.2, 0.25) is 5.91 Å². The molecule has 0 unspecified atom stereocenters. The van der Waals surface area contributed by atoms with Crippen LogP contribution in [0.1, 0.15) is 32.0 Å². The summed E-state index contributed by atoms with van der Waals surface area (Å²) >= 11 is 0. The molecule has 1 aromatic heterocycles. The zero-order valence-electron chi connectivity index (χ0n) is 11.5. The van der Waals surface area contributed by atoms with Crippen molar-refractivity contribution in [2.45, 2.75) is 38.6 Å². The van der Waals surface area contributed by atoms with Gasteiger partial charge in [0.25, 0.3) is 0 Å². The van der Waals surface area contributed by atoms with Crippen molar-refractivity contribution in [3.63, 3.8) is 0 Å². The lowest BCUT2D eigenvalue weighted by Crippen LogP contribution is -2.36. The standard InChI is InChI=1S/C13H21N5O/c1-3-4-11-16-10(14)7-12(17-11)18(2)8-13(19)15-9-5-6-9/h7,9H,3-6,8H2,1-2H3,(H,15,19)(H2,14,16,17). The summed E-state index contributed by atoms with van der Waals surface area (Å²) < 4.78 is 0. The van der Waals surface area contributed by atoms with E-state index in [2.05, 4.69) is 22.2 Å². The first-order valence-electron chi connectivity index (χ1n) is 6.72. The molecule has 1 fully saturated rings. The number of likely N-dealkylation sites (N-methyl/N-ethyl adjacent to an activating group) is 1. The number of aryl methyl sites for hydroxylation is 1. The van der Waals surface area contributed by atoms with E-state index in [1.54, 1.807) is 11.0 Å². The minimum Gasteiger partial charge on any atom is -0.384 e. The predicted molar refractivity (Wildman–Crippen MR) is 74.9 cm³/mol. The van der Waals surface area contributed by atoms with Gasteiger partial charge < -0.3 is 16.0 Å². The topological polar surface area (TPSA) is 84.1 Å². The first kappa shape index (κ1) is 13.6. The van der Waals surface area contributed by atoms with Crippen LogP contribution >= 0.6 is 0 Å². The van der Waals surface area contributed by atoms with Crippen molar-refractivity contribution in [3.8, 4) is 0 Å². The van der Waals surface area contributed by atoms with Crippen LogP contribution in [0.25, 0.3) is 0 Å². The summed E-state index contributed by atoms with van der Waals surface area (Å²) in [5, 5.41) is 2.95. The molecule has 6 heteroatoms. The zero-order valence-corrected chi connectivity index (χ0v) is 11.5. The third-order valence-electron chi connectivity index (χ3n) is 2.97. The van der Waals surface area contributed by atoms with Gasteiger partial charge >= 0.3 is 0 Å². The summed E-state index contributed by atoms with van der Waals surface area (Å²) in [6.45, 7) is 2.36. The molecule has 1 heterocycles. The molecule has 0 radical (unpaired) electrons. The molecular weight excluding hydrogens is 242 g/mol. The largest absolute Gasteiger partial charge is 0.384 e. The molecule has 1 amide bonds. The van der Waals surface area contributed by atoms with Gasteiger partial charge in [-0.25, -0.2) is 9.97 Å². The minimum absolute atomic E-state index is 0.0271. The Morgan fingerprint density at radius 3 is 2.89 bits per heavy atom. The van der Waals surface area contributed by atoms with Gasteiger partial charge in [-0.3, -0.25) is 4.79 Å². The highest BCUT2D eigenvalue weighted by Crippen LogP contribution is 2.18. The molecule has 3 N–H and O–H groups in total. The molecular formula is C13H21N5O. The summed E-state index contributed by atoms with van der Waals surface area (Å²) in [7, 11) is 1.84. The number of nitrogens with two attached hydrogens (primary N) is 1. The average molecular weight is 263 g/mol. The van der Waals surface area contributed by atoms with Crippen LogP contribution in [-0.4, -0.2) is 35.5 Å². The number of nitrogens with zero attached hydrogens (tertiary/aromatic N) is 3. The van der Waals surface area contributed by atoms with Crippen molar-refractivity contribution in [2.24, 2.45) is 0 Å². The van der Waals surface area contributed by atoms with Gasteiger partial charge in [0.15, 0.2) is 0 Å². The smallest absolute Gasteiger partial charge is 0.239 e. The zero-order chi connectivity index (χ0) is 13.8. The van der Waals surface area contributed by atoms with E-state index in [9.17, 15) is 4.79 Å². The van der Waals surface area contributed by atoms with Crippen LogP contribution in [0.2, 0.25) is 0 Å². The lowest BCUT2D eigenvalue weighted by Gasteiger charge is -2.18. The van der Waals surface area contributed by atoms with E-state index in [1.165, 1.54) is 0 Å². The molecule has 0 saturated heterocycles. The molecule has 104 valence electrons. The van der Waals surface area contributed by atoms with Crippen molar-refractivity contribution >= 4 is 17.5 Å². The second kappa shape index (κ2) is 5.86. The number of amides is 1. The number of carbonyl (C=O) groups excluding carboxylic acids is 1. The Balaban J connectivity index is 2.00. The number of rotatable bonds is 6. The minimum atomic E-state index is 0.0271. The Hall–Kier alpha value is -1.85. The van der Waals surface area contributed by atoms with E-state index >= 15 is 0 Å². The number of nitrogens with one attached hydrogen (secondary N) is 1. The maximum atomic E-state index is 11.7. The van der Waals surface area contributed by atoms with Gasteiger partial charge in [-0.2, -0.15) is 0 Å². The van der Waals surface area contributed by atoms with E-state index in [-0.39, 0.29) is 5.91 Å². The van der Waals surface area contributed by atoms with E-state index in [4.69, 9.17) is 5.73 Å². The SMILES string of the molecule is CCCc1nc(N)cc(N(C)CC(=O)NC2CC2)n1. The van der Waals surface area contributed by atoms with Gasteiger partial charge in [0, 0.05) is 25.6 Å². The van der Waals surface area contributed by atoms with E-state index in [0.717, 1.165) is 31.5 Å². The van der Waals surface area contributed by atoms with E-state index < -0.39 is 0 Å². The fourth-order valence-electron chi connectivity index (χ4n) is 1.83. The van der Waals surface area contributed by atoms with Crippen molar-refractivity contribution < 1.29 is 4.79 Å². The Labute approximate surface area is 113 Å². The highest BCUT2D eigenvalue weighted by atomic mass is 16.2. The number of aromatic nitrogens is 2. The molecule has 1 aromatic rings. The number of hydrogen-bond acceptors (Lipinski definition) is 5. The Morgan fingerprint density at radius 1 is 1.53 bits per heavy atom. The van der Waals surface area contributed by atoms with Crippen LogP contribution in [0.5, 0.6) is 0 Å². The molecule has 19 heavy (non-hydrogen) atoms. The summed E-state index contributed by atoms with van der Waals surface area (Å²) in [4.78, 5) is 22.2. The highest BCUT2D eigenvalue weighted by Gasteiger charge is 2.23. The summed E-state index contributed by atoms with van der Waals surface area (Å²) in [6.07, 6.45) is 3.95. The lowest BCUT2D eigenvalue weighted by molar-refractivity contribution is -0.119. The molecule has 0 atom stereocenters. The van der Waals surface area contributed by atoms with Crippen LogP contribution in [0.3, 0.4) is 0 Å². The molecule has 0 bridgehead atoms. The molecule has 1 aliphatic carbocycles. The highest BCUT2D eigenvalue weighted by molar-refractivity contribution is 5.81. The Morgan fingerprint density at radius 2 is 2.26 bits per heavy atom. The van der Waals surface area contributed by atoms with E-state index in [0.29, 0.717) is 24.2 Å². The summed E-state index contributed by atoms with van der Waals surface area (Å²) in [5.74, 6) is 1.90. The van der Waals surface area contributed by atoms with Crippen molar-refractivity contribution in [1.82, 2.24) is 15.3 Å². The molecule has 1 aliphatic rings. The lowest BCUT2D eigenvalue weighted by atomic mass is 10.3. The second-order valence-electron chi connectivity index (χ2n) is 5.02.